The highest BCUT2D eigenvalue weighted by Gasteiger charge is 2.14. The van der Waals surface area contributed by atoms with Crippen molar-refractivity contribution in [3.8, 4) is 0 Å². The lowest BCUT2D eigenvalue weighted by Gasteiger charge is -2.19. The monoisotopic (exact) mass is 463 g/mol. The smallest absolute Gasteiger partial charge is 0.124 e. The van der Waals surface area contributed by atoms with Gasteiger partial charge in [-0.05, 0) is 54.9 Å². The highest BCUT2D eigenvalue weighted by Crippen LogP contribution is 2.29. The van der Waals surface area contributed by atoms with Gasteiger partial charge in [0.25, 0.3) is 0 Å². The van der Waals surface area contributed by atoms with Gasteiger partial charge < -0.3 is 5.32 Å². The van der Waals surface area contributed by atoms with Gasteiger partial charge in [-0.2, -0.15) is 0 Å². The van der Waals surface area contributed by atoms with Crippen LogP contribution in [0.3, 0.4) is 0 Å². The third-order valence-electron chi connectivity index (χ3n) is 3.05. The topological polar surface area (TPSA) is 12.0 Å². The van der Waals surface area contributed by atoms with E-state index in [0.717, 1.165) is 24.5 Å². The maximum atomic E-state index is 13.5. The van der Waals surface area contributed by atoms with E-state index in [4.69, 9.17) is 0 Å². The van der Waals surface area contributed by atoms with Crippen LogP contribution in [0.15, 0.2) is 49.8 Å². The Morgan fingerprint density at radius 3 is 2.40 bits per heavy atom. The molecule has 2 aromatic rings. The van der Waals surface area contributed by atoms with Gasteiger partial charge in [0.2, 0.25) is 0 Å². The first-order chi connectivity index (χ1) is 9.49. The molecular weight excluding hydrogens is 453 g/mol. The lowest BCUT2D eigenvalue weighted by Crippen LogP contribution is -2.19. The molecule has 0 aromatic heterocycles. The molecule has 20 heavy (non-hydrogen) atoms. The van der Waals surface area contributed by atoms with E-state index in [9.17, 15) is 4.39 Å². The zero-order valence-electron chi connectivity index (χ0n) is 10.8. The summed E-state index contributed by atoms with van der Waals surface area (Å²) in [5.74, 6) is -0.223. The van der Waals surface area contributed by atoms with Crippen LogP contribution in [0.1, 0.15) is 17.2 Å². The molecule has 1 unspecified atom stereocenters. The Labute approximate surface area is 143 Å². The number of hydrogen-bond donors (Lipinski definition) is 1. The van der Waals surface area contributed by atoms with Crippen LogP contribution < -0.4 is 5.32 Å². The van der Waals surface area contributed by atoms with Gasteiger partial charge in [-0.1, -0.05) is 53.9 Å². The van der Waals surface area contributed by atoms with Crippen molar-refractivity contribution in [2.45, 2.75) is 12.5 Å². The van der Waals surface area contributed by atoms with E-state index in [1.54, 1.807) is 6.07 Å². The molecule has 1 nitrogen and oxygen atoms in total. The summed E-state index contributed by atoms with van der Waals surface area (Å²) in [5.41, 5.74) is 2.10. The maximum absolute atomic E-state index is 13.5. The number of halogens is 4. The molecule has 106 valence electrons. The molecule has 0 saturated carbocycles. The van der Waals surface area contributed by atoms with Crippen molar-refractivity contribution < 1.29 is 4.39 Å². The number of benzene rings is 2. The minimum Gasteiger partial charge on any atom is -0.313 e. The summed E-state index contributed by atoms with van der Waals surface area (Å²) in [4.78, 5) is 0. The Morgan fingerprint density at radius 2 is 1.80 bits per heavy atom. The van der Waals surface area contributed by atoms with Crippen LogP contribution in [0.4, 0.5) is 4.39 Å². The first kappa shape index (κ1) is 16.1. The van der Waals surface area contributed by atoms with E-state index in [0.29, 0.717) is 6.42 Å². The summed E-state index contributed by atoms with van der Waals surface area (Å²) in [6, 6.07) is 11.2. The number of likely N-dealkylation sites (N-methyl/N-ethyl adjacent to an activating group) is 1. The lowest BCUT2D eigenvalue weighted by atomic mass is 9.99. The van der Waals surface area contributed by atoms with Crippen LogP contribution in [-0.2, 0) is 6.42 Å². The fraction of sp³-hybridized carbons (Fsp3) is 0.200. The molecule has 0 saturated heterocycles. The third kappa shape index (κ3) is 4.13. The van der Waals surface area contributed by atoms with Gasteiger partial charge in [0, 0.05) is 19.5 Å². The van der Waals surface area contributed by atoms with E-state index >= 15 is 0 Å². The average molecular weight is 466 g/mol. The molecule has 0 heterocycles. The molecule has 0 aliphatic rings. The fourth-order valence-corrected chi connectivity index (χ4v) is 3.95. The Morgan fingerprint density at radius 1 is 1.05 bits per heavy atom. The lowest BCUT2D eigenvalue weighted by molar-refractivity contribution is 0.582. The summed E-state index contributed by atoms with van der Waals surface area (Å²) in [5, 5.41) is 3.28. The Balaban J connectivity index is 2.28. The zero-order chi connectivity index (χ0) is 14.7. The van der Waals surface area contributed by atoms with E-state index in [1.165, 1.54) is 6.07 Å². The summed E-state index contributed by atoms with van der Waals surface area (Å²) < 4.78 is 16.3. The third-order valence-corrected chi connectivity index (χ3v) is 4.69. The Hall–Kier alpha value is -0.230. The predicted octanol–water partition coefficient (Wildman–Crippen LogP) is 5.62. The van der Waals surface area contributed by atoms with Gasteiger partial charge in [-0.25, -0.2) is 4.39 Å². The predicted molar refractivity (Wildman–Crippen MR) is 91.4 cm³/mol. The zero-order valence-corrected chi connectivity index (χ0v) is 15.5. The normalized spacial score (nSPS) is 12.4. The van der Waals surface area contributed by atoms with Gasteiger partial charge >= 0.3 is 0 Å². The summed E-state index contributed by atoms with van der Waals surface area (Å²) in [6.07, 6.45) is 0.715. The first-order valence-electron chi connectivity index (χ1n) is 6.07. The van der Waals surface area contributed by atoms with Crippen molar-refractivity contribution in [3.63, 3.8) is 0 Å². The van der Waals surface area contributed by atoms with Crippen LogP contribution in [0.5, 0.6) is 0 Å². The Kier molecular flexibility index (Phi) is 5.78. The van der Waals surface area contributed by atoms with E-state index < -0.39 is 0 Å². The molecule has 0 amide bonds. The minimum absolute atomic E-state index is 0.117. The van der Waals surface area contributed by atoms with Crippen molar-refractivity contribution in [1.82, 2.24) is 5.32 Å². The molecule has 0 spiro atoms. The van der Waals surface area contributed by atoms with Crippen LogP contribution in [0, 0.1) is 5.82 Å². The second-order valence-electron chi connectivity index (χ2n) is 4.49. The molecule has 0 bridgehead atoms. The van der Waals surface area contributed by atoms with Crippen molar-refractivity contribution in [3.05, 3.63) is 66.8 Å². The molecule has 5 heteroatoms. The largest absolute Gasteiger partial charge is 0.313 e. The molecule has 0 aliphatic carbocycles. The molecule has 0 radical (unpaired) electrons. The van der Waals surface area contributed by atoms with Crippen LogP contribution in [0.25, 0.3) is 0 Å². The van der Waals surface area contributed by atoms with E-state index in [1.807, 2.05) is 25.2 Å². The molecule has 0 aliphatic heterocycles. The molecule has 2 rings (SSSR count). The molecule has 1 atom stereocenters. The summed E-state index contributed by atoms with van der Waals surface area (Å²) >= 11 is 10.4. The summed E-state index contributed by atoms with van der Waals surface area (Å²) in [6.45, 7) is 0. The quantitative estimate of drug-likeness (QED) is 0.618. The average Bonchev–Trinajstić information content (AvgIpc) is 2.35. The second kappa shape index (κ2) is 7.16. The van der Waals surface area contributed by atoms with E-state index in [2.05, 4.69) is 59.2 Å². The van der Waals surface area contributed by atoms with Crippen molar-refractivity contribution in [1.29, 1.82) is 0 Å². The molecule has 0 fully saturated rings. The van der Waals surface area contributed by atoms with Crippen molar-refractivity contribution in [2.24, 2.45) is 0 Å². The fourth-order valence-electron chi connectivity index (χ4n) is 2.12. The van der Waals surface area contributed by atoms with E-state index in [-0.39, 0.29) is 11.9 Å². The Bertz CT molecular complexity index is 596. The van der Waals surface area contributed by atoms with Crippen molar-refractivity contribution in [2.75, 3.05) is 7.05 Å². The highest BCUT2D eigenvalue weighted by molar-refractivity contribution is 9.11. The van der Waals surface area contributed by atoms with Crippen LogP contribution in [-0.4, -0.2) is 7.05 Å². The summed E-state index contributed by atoms with van der Waals surface area (Å²) in [7, 11) is 1.91. The number of hydrogen-bond acceptors (Lipinski definition) is 1. The van der Waals surface area contributed by atoms with Crippen LogP contribution >= 0.6 is 47.8 Å². The SMILES string of the molecule is CNC(Cc1cc(F)cc(Br)c1)c1ccc(Br)cc1Br. The number of nitrogens with one attached hydrogen (secondary N) is 1. The molecule has 1 N–H and O–H groups in total. The van der Waals surface area contributed by atoms with Gasteiger partial charge in [0.05, 0.1) is 0 Å². The van der Waals surface area contributed by atoms with Gasteiger partial charge in [0.1, 0.15) is 5.82 Å². The van der Waals surface area contributed by atoms with Crippen LogP contribution in [0.2, 0.25) is 0 Å². The standard InChI is InChI=1S/C15H13Br3FN/c1-20-15(13-3-2-10(16)8-14(13)18)6-9-4-11(17)7-12(19)5-9/h2-5,7-8,15,20H,6H2,1H3. The highest BCUT2D eigenvalue weighted by atomic mass is 79.9. The molecule has 2 aromatic carbocycles. The van der Waals surface area contributed by atoms with Gasteiger partial charge in [0.15, 0.2) is 0 Å². The number of rotatable bonds is 4. The minimum atomic E-state index is -0.223. The first-order valence-corrected chi connectivity index (χ1v) is 8.44. The second-order valence-corrected chi connectivity index (χ2v) is 7.17. The maximum Gasteiger partial charge on any atom is 0.124 e. The van der Waals surface area contributed by atoms with Crippen molar-refractivity contribution >= 4 is 47.8 Å². The molecular formula is C15H13Br3FN. The van der Waals surface area contributed by atoms with Gasteiger partial charge in [-0.15, -0.1) is 0 Å². The van der Waals surface area contributed by atoms with Gasteiger partial charge in [-0.3, -0.25) is 0 Å².